The summed E-state index contributed by atoms with van der Waals surface area (Å²) in [6.07, 6.45) is 0.881. The summed E-state index contributed by atoms with van der Waals surface area (Å²) in [7, 11) is 0. The van der Waals surface area contributed by atoms with E-state index in [4.69, 9.17) is 15.6 Å². The smallest absolute Gasteiger partial charge is 0.321 e. The van der Waals surface area contributed by atoms with Crippen LogP contribution >= 0.6 is 11.8 Å². The third-order valence-electron chi connectivity index (χ3n) is 2.06. The Labute approximate surface area is 105 Å². The van der Waals surface area contributed by atoms with Gasteiger partial charge >= 0.3 is 5.97 Å². The zero-order chi connectivity index (χ0) is 12.5. The summed E-state index contributed by atoms with van der Waals surface area (Å²) >= 11 is 1.54. The molecule has 0 aliphatic heterocycles. The van der Waals surface area contributed by atoms with Crippen molar-refractivity contribution in [1.29, 1.82) is 0 Å². The van der Waals surface area contributed by atoms with Crippen molar-refractivity contribution in [2.75, 3.05) is 18.1 Å². The van der Waals surface area contributed by atoms with Gasteiger partial charge in [-0.1, -0.05) is 18.2 Å². The summed E-state index contributed by atoms with van der Waals surface area (Å²) in [5.41, 5.74) is 5.37. The molecule has 5 heteroatoms. The molecular formula is C12H17NO3S. The van der Waals surface area contributed by atoms with Crippen LogP contribution in [0.2, 0.25) is 0 Å². The van der Waals surface area contributed by atoms with Gasteiger partial charge in [0.05, 0.1) is 6.61 Å². The number of benzene rings is 1. The van der Waals surface area contributed by atoms with Crippen molar-refractivity contribution in [3.05, 3.63) is 30.3 Å². The Morgan fingerprint density at radius 3 is 2.76 bits per heavy atom. The summed E-state index contributed by atoms with van der Waals surface area (Å²) in [6, 6.07) is 8.85. The average molecular weight is 255 g/mol. The molecule has 1 aromatic carbocycles. The van der Waals surface area contributed by atoms with Gasteiger partial charge in [-0.15, -0.1) is 0 Å². The predicted octanol–water partition coefficient (Wildman–Crippen LogP) is 1.60. The molecule has 0 saturated heterocycles. The van der Waals surface area contributed by atoms with Crippen LogP contribution in [0.4, 0.5) is 0 Å². The third kappa shape index (κ3) is 6.19. The summed E-state index contributed by atoms with van der Waals surface area (Å²) in [5, 5.41) is 8.57. The highest BCUT2D eigenvalue weighted by atomic mass is 32.2. The third-order valence-corrected chi connectivity index (χ3v) is 3.23. The molecule has 0 amide bonds. The Bertz CT molecular complexity index is 332. The van der Waals surface area contributed by atoms with Crippen molar-refractivity contribution in [3.63, 3.8) is 0 Å². The first-order chi connectivity index (χ1) is 8.20. The first kappa shape index (κ1) is 13.9. The zero-order valence-electron chi connectivity index (χ0n) is 9.54. The second-order valence-electron chi connectivity index (χ2n) is 3.53. The van der Waals surface area contributed by atoms with Crippen LogP contribution in [0, 0.1) is 0 Å². The molecule has 0 bridgehead atoms. The Hall–Kier alpha value is -1.20. The van der Waals surface area contributed by atoms with Crippen LogP contribution in [0.25, 0.3) is 0 Å². The normalized spacial score (nSPS) is 12.1. The lowest BCUT2D eigenvalue weighted by atomic mass is 10.3. The van der Waals surface area contributed by atoms with Crippen LogP contribution in [-0.4, -0.2) is 35.2 Å². The lowest BCUT2D eigenvalue weighted by Gasteiger charge is -2.07. The number of nitrogens with two attached hydrogens (primary N) is 1. The van der Waals surface area contributed by atoms with Gasteiger partial charge in [-0.3, -0.25) is 4.79 Å². The number of hydrogen-bond acceptors (Lipinski definition) is 4. The molecule has 0 unspecified atom stereocenters. The summed E-state index contributed by atoms with van der Waals surface area (Å²) in [6.45, 7) is 0.638. The van der Waals surface area contributed by atoms with Crippen LogP contribution < -0.4 is 10.5 Å². The minimum atomic E-state index is -0.946. The van der Waals surface area contributed by atoms with Crippen molar-refractivity contribution in [3.8, 4) is 5.75 Å². The monoisotopic (exact) mass is 255 g/mol. The van der Waals surface area contributed by atoms with Crippen LogP contribution in [0.15, 0.2) is 30.3 Å². The topological polar surface area (TPSA) is 72.5 Å². The van der Waals surface area contributed by atoms with Crippen LogP contribution in [-0.2, 0) is 4.79 Å². The Morgan fingerprint density at radius 1 is 1.41 bits per heavy atom. The molecule has 0 saturated carbocycles. The number of ether oxygens (including phenoxy) is 1. The molecule has 0 aliphatic carbocycles. The van der Waals surface area contributed by atoms with E-state index in [-0.39, 0.29) is 0 Å². The molecule has 0 heterocycles. The maximum atomic E-state index is 10.4. The highest BCUT2D eigenvalue weighted by molar-refractivity contribution is 7.99. The molecule has 4 nitrogen and oxygen atoms in total. The highest BCUT2D eigenvalue weighted by Gasteiger charge is 2.10. The molecule has 1 aromatic rings. The molecule has 17 heavy (non-hydrogen) atoms. The Balaban J connectivity index is 2.00. The first-order valence-corrected chi connectivity index (χ1v) is 6.59. The molecule has 0 spiro atoms. The average Bonchev–Trinajstić information content (AvgIpc) is 2.34. The highest BCUT2D eigenvalue weighted by Crippen LogP contribution is 2.10. The quantitative estimate of drug-likeness (QED) is 0.690. The van der Waals surface area contributed by atoms with E-state index in [2.05, 4.69) is 0 Å². The fraction of sp³-hybridized carbons (Fsp3) is 0.417. The molecule has 1 rings (SSSR count). The van der Waals surface area contributed by atoms with E-state index in [1.165, 1.54) is 11.8 Å². The lowest BCUT2D eigenvalue weighted by Crippen LogP contribution is -2.32. The fourth-order valence-electron chi connectivity index (χ4n) is 1.15. The number of carboxylic acids is 1. The standard InChI is InChI=1S/C12H17NO3S/c13-11(12(14)15)9-17-8-4-7-16-10-5-2-1-3-6-10/h1-3,5-6,11H,4,7-9,13H2,(H,14,15)/t11-/m0/s1. The fourth-order valence-corrected chi connectivity index (χ4v) is 2.03. The van der Waals surface area contributed by atoms with Gasteiger partial charge in [-0.2, -0.15) is 11.8 Å². The van der Waals surface area contributed by atoms with E-state index in [0.717, 1.165) is 17.9 Å². The minimum absolute atomic E-state index is 0.445. The summed E-state index contributed by atoms with van der Waals surface area (Å²) in [5.74, 6) is 1.21. The van der Waals surface area contributed by atoms with E-state index in [1.807, 2.05) is 30.3 Å². The summed E-state index contributed by atoms with van der Waals surface area (Å²) in [4.78, 5) is 10.4. The molecule has 94 valence electrons. The maximum absolute atomic E-state index is 10.4. The number of rotatable bonds is 8. The van der Waals surface area contributed by atoms with E-state index in [1.54, 1.807) is 0 Å². The molecule has 0 aliphatic rings. The zero-order valence-corrected chi connectivity index (χ0v) is 10.4. The SMILES string of the molecule is N[C@@H](CSCCCOc1ccccc1)C(=O)O. The molecule has 1 atom stereocenters. The minimum Gasteiger partial charge on any atom is -0.494 e. The van der Waals surface area contributed by atoms with E-state index >= 15 is 0 Å². The largest absolute Gasteiger partial charge is 0.494 e. The maximum Gasteiger partial charge on any atom is 0.321 e. The van der Waals surface area contributed by atoms with Gasteiger partial charge in [0.15, 0.2) is 0 Å². The van der Waals surface area contributed by atoms with Gasteiger partial charge in [0.1, 0.15) is 11.8 Å². The van der Waals surface area contributed by atoms with Gasteiger partial charge in [-0.05, 0) is 24.3 Å². The van der Waals surface area contributed by atoms with Gasteiger partial charge in [0, 0.05) is 5.75 Å². The second kappa shape index (κ2) is 7.97. The Morgan fingerprint density at radius 2 is 2.12 bits per heavy atom. The van der Waals surface area contributed by atoms with Crippen molar-refractivity contribution in [1.82, 2.24) is 0 Å². The van der Waals surface area contributed by atoms with E-state index in [9.17, 15) is 4.79 Å². The van der Waals surface area contributed by atoms with Crippen LogP contribution in [0.5, 0.6) is 5.75 Å². The number of carboxylic acid groups (broad SMARTS) is 1. The lowest BCUT2D eigenvalue weighted by molar-refractivity contribution is -0.137. The van der Waals surface area contributed by atoms with Crippen molar-refractivity contribution in [2.24, 2.45) is 5.73 Å². The first-order valence-electron chi connectivity index (χ1n) is 5.44. The van der Waals surface area contributed by atoms with Crippen molar-refractivity contribution >= 4 is 17.7 Å². The van der Waals surface area contributed by atoms with Gasteiger partial charge in [0.25, 0.3) is 0 Å². The van der Waals surface area contributed by atoms with Gasteiger partial charge in [0.2, 0.25) is 0 Å². The number of hydrogen-bond donors (Lipinski definition) is 2. The van der Waals surface area contributed by atoms with Crippen LogP contribution in [0.3, 0.4) is 0 Å². The number of carbonyl (C=O) groups is 1. The van der Waals surface area contributed by atoms with Crippen molar-refractivity contribution in [2.45, 2.75) is 12.5 Å². The van der Waals surface area contributed by atoms with E-state index in [0.29, 0.717) is 12.4 Å². The number of thioether (sulfide) groups is 1. The second-order valence-corrected chi connectivity index (χ2v) is 4.68. The number of para-hydroxylation sites is 1. The van der Waals surface area contributed by atoms with E-state index < -0.39 is 12.0 Å². The number of aliphatic carboxylic acids is 1. The molecule has 0 radical (unpaired) electrons. The summed E-state index contributed by atoms with van der Waals surface area (Å²) < 4.78 is 5.50. The van der Waals surface area contributed by atoms with Crippen molar-refractivity contribution < 1.29 is 14.6 Å². The van der Waals surface area contributed by atoms with Gasteiger partial charge < -0.3 is 15.6 Å². The predicted molar refractivity (Wildman–Crippen MR) is 69.5 cm³/mol. The molecule has 0 aromatic heterocycles. The molecular weight excluding hydrogens is 238 g/mol. The van der Waals surface area contributed by atoms with Crippen LogP contribution in [0.1, 0.15) is 6.42 Å². The van der Waals surface area contributed by atoms with Gasteiger partial charge in [-0.25, -0.2) is 0 Å². The molecule has 0 fully saturated rings. The molecule has 3 N–H and O–H groups in total. The Kier molecular flexibility index (Phi) is 6.50.